The molecular weight excluding hydrogens is 260 g/mol. The number of amides is 2. The first kappa shape index (κ1) is 14.8. The fourth-order valence-corrected chi connectivity index (χ4v) is 2.62. The molecule has 0 bridgehead atoms. The lowest BCUT2D eigenvalue weighted by Gasteiger charge is -2.16. The molecule has 6 heteroatoms. The maximum atomic E-state index is 12.0. The summed E-state index contributed by atoms with van der Waals surface area (Å²) < 4.78 is 4.68. The molecule has 6 nitrogen and oxygen atoms in total. The maximum Gasteiger partial charge on any atom is 0.310 e. The molecule has 1 aliphatic carbocycles. The van der Waals surface area contributed by atoms with Gasteiger partial charge in [0, 0.05) is 32.0 Å². The van der Waals surface area contributed by atoms with Gasteiger partial charge in [-0.2, -0.15) is 0 Å². The van der Waals surface area contributed by atoms with Crippen molar-refractivity contribution in [3.63, 3.8) is 0 Å². The lowest BCUT2D eigenvalue weighted by molar-refractivity contribution is -0.145. The highest BCUT2D eigenvalue weighted by Crippen LogP contribution is 2.37. The van der Waals surface area contributed by atoms with Crippen molar-refractivity contribution >= 4 is 17.8 Å². The Hall–Kier alpha value is -1.59. The smallest absolute Gasteiger partial charge is 0.310 e. The molecule has 3 atom stereocenters. The molecule has 1 saturated heterocycles. The molecule has 2 fully saturated rings. The number of hydrogen-bond donors (Lipinski definition) is 1. The Morgan fingerprint density at radius 1 is 1.35 bits per heavy atom. The summed E-state index contributed by atoms with van der Waals surface area (Å²) in [5.74, 6) is 0.201. The van der Waals surface area contributed by atoms with Crippen LogP contribution in [0.2, 0.25) is 0 Å². The van der Waals surface area contributed by atoms with Gasteiger partial charge in [0.25, 0.3) is 0 Å². The van der Waals surface area contributed by atoms with Crippen molar-refractivity contribution in [3.8, 4) is 0 Å². The minimum Gasteiger partial charge on any atom is -0.469 e. The third-order valence-corrected chi connectivity index (χ3v) is 4.16. The van der Waals surface area contributed by atoms with Gasteiger partial charge in [-0.25, -0.2) is 0 Å². The van der Waals surface area contributed by atoms with Gasteiger partial charge in [-0.1, -0.05) is 6.92 Å². The van der Waals surface area contributed by atoms with Crippen LogP contribution in [-0.4, -0.2) is 49.4 Å². The minimum absolute atomic E-state index is 0.0134. The molecular formula is C14H22N2O4. The maximum absolute atomic E-state index is 12.0. The Morgan fingerprint density at radius 2 is 2.05 bits per heavy atom. The Labute approximate surface area is 118 Å². The van der Waals surface area contributed by atoms with Crippen molar-refractivity contribution in [2.45, 2.75) is 26.2 Å². The van der Waals surface area contributed by atoms with E-state index in [0.717, 1.165) is 6.42 Å². The first-order valence-corrected chi connectivity index (χ1v) is 7.16. The Bertz CT molecular complexity index is 410. The number of hydrogen-bond acceptors (Lipinski definition) is 4. The average molecular weight is 282 g/mol. The van der Waals surface area contributed by atoms with Gasteiger partial charge in [-0.3, -0.25) is 14.4 Å². The molecule has 0 aromatic heterocycles. The van der Waals surface area contributed by atoms with Crippen LogP contribution in [0.15, 0.2) is 0 Å². The zero-order valence-electron chi connectivity index (χ0n) is 12.1. The monoisotopic (exact) mass is 282 g/mol. The average Bonchev–Trinajstić information content (AvgIpc) is 2.97. The number of likely N-dealkylation sites (tertiary alicyclic amines) is 1. The molecule has 2 rings (SSSR count). The van der Waals surface area contributed by atoms with Crippen LogP contribution in [0, 0.1) is 17.8 Å². The zero-order chi connectivity index (χ0) is 14.7. The molecule has 3 unspecified atom stereocenters. The topological polar surface area (TPSA) is 75.7 Å². The van der Waals surface area contributed by atoms with Crippen LogP contribution in [0.3, 0.4) is 0 Å². The molecule has 1 aliphatic heterocycles. The third-order valence-electron chi connectivity index (χ3n) is 4.16. The summed E-state index contributed by atoms with van der Waals surface area (Å²) >= 11 is 0. The van der Waals surface area contributed by atoms with Crippen molar-refractivity contribution < 1.29 is 19.1 Å². The van der Waals surface area contributed by atoms with Crippen molar-refractivity contribution in [3.05, 3.63) is 0 Å². The number of carbonyl (C=O) groups excluding carboxylic acids is 3. The van der Waals surface area contributed by atoms with Gasteiger partial charge in [0.15, 0.2) is 0 Å². The fourth-order valence-electron chi connectivity index (χ4n) is 2.62. The van der Waals surface area contributed by atoms with Gasteiger partial charge < -0.3 is 15.0 Å². The number of nitrogens with one attached hydrogen (secondary N) is 1. The van der Waals surface area contributed by atoms with E-state index in [1.54, 1.807) is 4.90 Å². The third kappa shape index (κ3) is 3.49. The van der Waals surface area contributed by atoms with Crippen molar-refractivity contribution in [1.82, 2.24) is 10.2 Å². The molecule has 2 amide bonds. The summed E-state index contributed by atoms with van der Waals surface area (Å²) in [6.45, 7) is 3.44. The van der Waals surface area contributed by atoms with E-state index < -0.39 is 0 Å². The number of methoxy groups -OCH3 is 1. The Morgan fingerprint density at radius 3 is 2.65 bits per heavy atom. The molecule has 0 radical (unpaired) electrons. The van der Waals surface area contributed by atoms with Crippen molar-refractivity contribution in [1.29, 1.82) is 0 Å². The Kier molecular flexibility index (Phi) is 4.62. The number of carbonyl (C=O) groups is 3. The van der Waals surface area contributed by atoms with E-state index in [1.807, 2.05) is 6.92 Å². The van der Waals surface area contributed by atoms with E-state index in [-0.39, 0.29) is 29.6 Å². The molecule has 20 heavy (non-hydrogen) atoms. The summed E-state index contributed by atoms with van der Waals surface area (Å²) in [4.78, 5) is 36.6. The SMILES string of the molecule is COC(=O)C1CCN(C(=O)CCNC(=O)C2CC2C)C1. The van der Waals surface area contributed by atoms with Crippen LogP contribution in [0.4, 0.5) is 0 Å². The van der Waals surface area contributed by atoms with Gasteiger partial charge in [0.1, 0.15) is 0 Å². The molecule has 1 saturated carbocycles. The number of rotatable bonds is 5. The summed E-state index contributed by atoms with van der Waals surface area (Å²) in [5.41, 5.74) is 0. The summed E-state index contributed by atoms with van der Waals surface area (Å²) in [6.07, 6.45) is 1.90. The Balaban J connectivity index is 1.65. The largest absolute Gasteiger partial charge is 0.469 e. The van der Waals surface area contributed by atoms with Crippen LogP contribution < -0.4 is 5.32 Å². The normalized spacial score (nSPS) is 28.1. The van der Waals surface area contributed by atoms with Gasteiger partial charge in [-0.05, 0) is 18.8 Å². The van der Waals surface area contributed by atoms with E-state index in [1.165, 1.54) is 7.11 Å². The van der Waals surface area contributed by atoms with E-state index in [4.69, 9.17) is 0 Å². The summed E-state index contributed by atoms with van der Waals surface area (Å²) in [7, 11) is 1.36. The second-order valence-electron chi connectivity index (χ2n) is 5.71. The van der Waals surface area contributed by atoms with Crippen molar-refractivity contribution in [2.75, 3.05) is 26.7 Å². The van der Waals surface area contributed by atoms with Crippen LogP contribution >= 0.6 is 0 Å². The van der Waals surface area contributed by atoms with Crippen LogP contribution in [0.5, 0.6) is 0 Å². The van der Waals surface area contributed by atoms with Crippen LogP contribution in [0.25, 0.3) is 0 Å². The van der Waals surface area contributed by atoms with E-state index >= 15 is 0 Å². The number of ether oxygens (including phenoxy) is 1. The van der Waals surface area contributed by atoms with E-state index in [9.17, 15) is 14.4 Å². The van der Waals surface area contributed by atoms with Gasteiger partial charge in [0.2, 0.25) is 11.8 Å². The zero-order valence-corrected chi connectivity index (χ0v) is 12.1. The fraction of sp³-hybridized carbons (Fsp3) is 0.786. The quantitative estimate of drug-likeness (QED) is 0.729. The summed E-state index contributed by atoms with van der Waals surface area (Å²) in [5, 5.41) is 2.80. The second-order valence-corrected chi connectivity index (χ2v) is 5.71. The molecule has 2 aliphatic rings. The molecule has 1 heterocycles. The highest BCUT2D eigenvalue weighted by Gasteiger charge is 2.39. The predicted octanol–water partition coefficient (Wildman–Crippen LogP) is 0.170. The highest BCUT2D eigenvalue weighted by molar-refractivity contribution is 5.83. The predicted molar refractivity (Wildman–Crippen MR) is 71.6 cm³/mol. The standard InChI is InChI=1S/C14H22N2O4/c1-9-7-11(9)13(18)15-5-3-12(17)16-6-4-10(8-16)14(19)20-2/h9-11H,3-8H2,1-2H3,(H,15,18). The first-order valence-electron chi connectivity index (χ1n) is 7.16. The minimum atomic E-state index is -0.253. The van der Waals surface area contributed by atoms with Crippen LogP contribution in [-0.2, 0) is 19.1 Å². The lowest BCUT2D eigenvalue weighted by Crippen LogP contribution is -2.34. The molecule has 0 spiro atoms. The molecule has 1 N–H and O–H groups in total. The van der Waals surface area contributed by atoms with Gasteiger partial charge in [-0.15, -0.1) is 0 Å². The molecule has 112 valence electrons. The number of esters is 1. The van der Waals surface area contributed by atoms with Gasteiger partial charge in [0.05, 0.1) is 13.0 Å². The first-order chi connectivity index (χ1) is 9.52. The number of nitrogens with zero attached hydrogens (tertiary/aromatic N) is 1. The van der Waals surface area contributed by atoms with Crippen molar-refractivity contribution in [2.24, 2.45) is 17.8 Å². The highest BCUT2D eigenvalue weighted by atomic mass is 16.5. The molecule has 0 aromatic rings. The van der Waals surface area contributed by atoms with Gasteiger partial charge >= 0.3 is 5.97 Å². The van der Waals surface area contributed by atoms with Crippen LogP contribution in [0.1, 0.15) is 26.2 Å². The second kappa shape index (κ2) is 6.24. The van der Waals surface area contributed by atoms with E-state index in [2.05, 4.69) is 10.1 Å². The summed E-state index contributed by atoms with van der Waals surface area (Å²) in [6, 6.07) is 0. The molecule has 0 aromatic carbocycles. The lowest BCUT2D eigenvalue weighted by atomic mass is 10.1. The van der Waals surface area contributed by atoms with E-state index in [0.29, 0.717) is 38.4 Å².